The molecule has 8 heteroatoms. The molecule has 0 heterocycles. The number of nitrogens with one attached hydrogen (secondary N) is 3. The number of aliphatic imine (C=N–C) groups is 1. The molecule has 0 unspecified atom stereocenters. The van der Waals surface area contributed by atoms with Gasteiger partial charge in [0.05, 0.1) is 27.4 Å². The Labute approximate surface area is 171 Å². The van der Waals surface area contributed by atoms with Crippen molar-refractivity contribution in [1.82, 2.24) is 10.6 Å². The molecule has 0 aromatic heterocycles. The van der Waals surface area contributed by atoms with E-state index in [0.29, 0.717) is 30.6 Å². The van der Waals surface area contributed by atoms with Crippen LogP contribution >= 0.6 is 0 Å². The molecule has 0 fully saturated rings. The Morgan fingerprint density at radius 2 is 1.76 bits per heavy atom. The number of carbonyl (C=O) groups excluding carboxylic acids is 1. The molecule has 0 aliphatic carbocycles. The second kappa shape index (κ2) is 11.4. The molecule has 0 saturated heterocycles. The van der Waals surface area contributed by atoms with E-state index in [0.717, 1.165) is 17.0 Å². The zero-order valence-corrected chi connectivity index (χ0v) is 17.2. The molecule has 0 radical (unpaired) electrons. The van der Waals surface area contributed by atoms with Gasteiger partial charge in [0, 0.05) is 25.3 Å². The molecule has 2 rings (SSSR count). The molecule has 0 spiro atoms. The number of methoxy groups -OCH3 is 2. The standard InChI is InChI=1S/C21H28N4O4/c1-5-29-18-11-8-16(12-19(18)28-4)25-21(22-2)24-14-20(26)23-13-15-6-9-17(27-3)10-7-15/h6-12H,5,13-14H2,1-4H3,(H,23,26)(H2,22,24,25). The van der Waals surface area contributed by atoms with Crippen LogP contribution in [0, 0.1) is 0 Å². The number of ether oxygens (including phenoxy) is 3. The van der Waals surface area contributed by atoms with Crippen molar-refractivity contribution in [2.45, 2.75) is 13.5 Å². The molecule has 2 aromatic carbocycles. The lowest BCUT2D eigenvalue weighted by molar-refractivity contribution is -0.120. The maximum atomic E-state index is 12.1. The third-order valence-corrected chi connectivity index (χ3v) is 4.01. The molecular weight excluding hydrogens is 372 g/mol. The molecule has 0 atom stereocenters. The summed E-state index contributed by atoms with van der Waals surface area (Å²) in [7, 11) is 4.84. The lowest BCUT2D eigenvalue weighted by Gasteiger charge is -2.14. The Bertz CT molecular complexity index is 822. The molecule has 0 saturated carbocycles. The van der Waals surface area contributed by atoms with E-state index >= 15 is 0 Å². The van der Waals surface area contributed by atoms with Gasteiger partial charge in [-0.3, -0.25) is 9.79 Å². The fraction of sp³-hybridized carbons (Fsp3) is 0.333. The van der Waals surface area contributed by atoms with Crippen LogP contribution in [0.25, 0.3) is 0 Å². The predicted molar refractivity (Wildman–Crippen MR) is 114 cm³/mol. The maximum absolute atomic E-state index is 12.1. The normalized spacial score (nSPS) is 10.8. The molecular formula is C21H28N4O4. The molecule has 1 amide bonds. The third-order valence-electron chi connectivity index (χ3n) is 4.01. The Hall–Kier alpha value is -3.42. The molecule has 0 aliphatic heterocycles. The summed E-state index contributed by atoms with van der Waals surface area (Å²) in [5, 5.41) is 8.97. The summed E-state index contributed by atoms with van der Waals surface area (Å²) in [4.78, 5) is 16.2. The monoisotopic (exact) mass is 400 g/mol. The number of hydrogen-bond donors (Lipinski definition) is 3. The first-order chi connectivity index (χ1) is 14.1. The van der Waals surface area contributed by atoms with Gasteiger partial charge in [-0.1, -0.05) is 12.1 Å². The number of rotatable bonds is 9. The van der Waals surface area contributed by atoms with Gasteiger partial charge in [0.2, 0.25) is 5.91 Å². The number of benzene rings is 2. The van der Waals surface area contributed by atoms with E-state index in [2.05, 4.69) is 20.9 Å². The summed E-state index contributed by atoms with van der Waals surface area (Å²) < 4.78 is 16.0. The van der Waals surface area contributed by atoms with Gasteiger partial charge in [-0.25, -0.2) is 0 Å². The second-order valence-electron chi connectivity index (χ2n) is 5.97. The first kappa shape index (κ1) is 21.9. The molecule has 8 nitrogen and oxygen atoms in total. The minimum atomic E-state index is -0.145. The number of nitrogens with zero attached hydrogens (tertiary/aromatic N) is 1. The fourth-order valence-corrected chi connectivity index (χ4v) is 2.51. The van der Waals surface area contributed by atoms with E-state index in [9.17, 15) is 4.79 Å². The largest absolute Gasteiger partial charge is 0.497 e. The molecule has 2 aromatic rings. The minimum absolute atomic E-state index is 0.0873. The zero-order chi connectivity index (χ0) is 21.1. The van der Waals surface area contributed by atoms with E-state index in [1.54, 1.807) is 21.3 Å². The van der Waals surface area contributed by atoms with Crippen molar-refractivity contribution < 1.29 is 19.0 Å². The molecule has 156 valence electrons. The van der Waals surface area contributed by atoms with Crippen molar-refractivity contribution in [3.63, 3.8) is 0 Å². The van der Waals surface area contributed by atoms with Crippen molar-refractivity contribution >= 4 is 17.6 Å². The molecule has 3 N–H and O–H groups in total. The van der Waals surface area contributed by atoms with Crippen LogP contribution in [0.5, 0.6) is 17.2 Å². The topological polar surface area (TPSA) is 93.2 Å². The smallest absolute Gasteiger partial charge is 0.239 e. The van der Waals surface area contributed by atoms with Gasteiger partial charge >= 0.3 is 0 Å². The summed E-state index contributed by atoms with van der Waals surface area (Å²) in [6, 6.07) is 13.0. The van der Waals surface area contributed by atoms with Crippen molar-refractivity contribution in [1.29, 1.82) is 0 Å². The Balaban J connectivity index is 1.84. The van der Waals surface area contributed by atoms with Crippen LogP contribution in [-0.4, -0.2) is 46.3 Å². The first-order valence-corrected chi connectivity index (χ1v) is 9.27. The van der Waals surface area contributed by atoms with Crippen LogP contribution in [0.3, 0.4) is 0 Å². The van der Waals surface area contributed by atoms with E-state index in [-0.39, 0.29) is 12.5 Å². The molecule has 0 aliphatic rings. The summed E-state index contributed by atoms with van der Waals surface area (Å²) in [6.07, 6.45) is 0. The van der Waals surface area contributed by atoms with Gasteiger partial charge in [0.1, 0.15) is 5.75 Å². The number of anilines is 1. The summed E-state index contributed by atoms with van der Waals surface area (Å²) in [5.41, 5.74) is 1.75. The highest BCUT2D eigenvalue weighted by Crippen LogP contribution is 2.30. The van der Waals surface area contributed by atoms with Crippen molar-refractivity contribution in [3.05, 3.63) is 48.0 Å². The highest BCUT2D eigenvalue weighted by Gasteiger charge is 2.08. The van der Waals surface area contributed by atoms with Crippen LogP contribution in [0.2, 0.25) is 0 Å². The van der Waals surface area contributed by atoms with Crippen molar-refractivity contribution in [3.8, 4) is 17.2 Å². The van der Waals surface area contributed by atoms with Crippen LogP contribution < -0.4 is 30.2 Å². The number of amides is 1. The summed E-state index contributed by atoms with van der Waals surface area (Å²) in [6.45, 7) is 2.99. The predicted octanol–water partition coefficient (Wildman–Crippen LogP) is 2.41. The van der Waals surface area contributed by atoms with Gasteiger partial charge < -0.3 is 30.2 Å². The second-order valence-corrected chi connectivity index (χ2v) is 5.97. The zero-order valence-electron chi connectivity index (χ0n) is 17.2. The van der Waals surface area contributed by atoms with Crippen molar-refractivity contribution in [2.75, 3.05) is 39.7 Å². The van der Waals surface area contributed by atoms with Gasteiger partial charge in [-0.15, -0.1) is 0 Å². The average Bonchev–Trinajstić information content (AvgIpc) is 2.76. The SMILES string of the molecule is CCOc1ccc(NC(=NC)NCC(=O)NCc2ccc(OC)cc2)cc1OC. The van der Waals surface area contributed by atoms with Gasteiger partial charge in [0.25, 0.3) is 0 Å². The summed E-state index contributed by atoms with van der Waals surface area (Å²) >= 11 is 0. The number of carbonyl (C=O) groups is 1. The van der Waals surface area contributed by atoms with E-state index in [1.807, 2.05) is 49.4 Å². The van der Waals surface area contributed by atoms with Gasteiger partial charge in [-0.2, -0.15) is 0 Å². The summed E-state index contributed by atoms with van der Waals surface area (Å²) in [5.74, 6) is 2.39. The molecule has 29 heavy (non-hydrogen) atoms. The van der Waals surface area contributed by atoms with E-state index in [4.69, 9.17) is 14.2 Å². The highest BCUT2D eigenvalue weighted by atomic mass is 16.5. The Morgan fingerprint density at radius 3 is 2.38 bits per heavy atom. The number of guanidine groups is 1. The quantitative estimate of drug-likeness (QED) is 0.442. The lowest BCUT2D eigenvalue weighted by Crippen LogP contribution is -2.39. The van der Waals surface area contributed by atoms with Crippen LogP contribution in [0.4, 0.5) is 5.69 Å². The average molecular weight is 400 g/mol. The fourth-order valence-electron chi connectivity index (χ4n) is 2.51. The molecule has 0 bridgehead atoms. The minimum Gasteiger partial charge on any atom is -0.497 e. The van der Waals surface area contributed by atoms with Crippen LogP contribution in [0.1, 0.15) is 12.5 Å². The number of hydrogen-bond acceptors (Lipinski definition) is 5. The van der Waals surface area contributed by atoms with Gasteiger partial charge in [0.15, 0.2) is 17.5 Å². The first-order valence-electron chi connectivity index (χ1n) is 9.27. The van der Waals surface area contributed by atoms with Crippen LogP contribution in [-0.2, 0) is 11.3 Å². The van der Waals surface area contributed by atoms with E-state index < -0.39 is 0 Å². The Morgan fingerprint density at radius 1 is 1.00 bits per heavy atom. The Kier molecular flexibility index (Phi) is 8.62. The van der Waals surface area contributed by atoms with E-state index in [1.165, 1.54) is 0 Å². The van der Waals surface area contributed by atoms with Crippen molar-refractivity contribution in [2.24, 2.45) is 4.99 Å². The van der Waals surface area contributed by atoms with Crippen LogP contribution in [0.15, 0.2) is 47.5 Å². The van der Waals surface area contributed by atoms with Gasteiger partial charge in [-0.05, 0) is 36.8 Å². The maximum Gasteiger partial charge on any atom is 0.239 e. The lowest BCUT2D eigenvalue weighted by atomic mass is 10.2. The highest BCUT2D eigenvalue weighted by molar-refractivity contribution is 5.96. The third kappa shape index (κ3) is 6.91.